The van der Waals surface area contributed by atoms with E-state index in [2.05, 4.69) is 24.1 Å². The fraction of sp³-hybridized carbons (Fsp3) is 0.538. The Morgan fingerprint density at radius 2 is 2.11 bits per heavy atom. The van der Waals surface area contributed by atoms with Crippen LogP contribution in [0, 0.1) is 27.4 Å². The van der Waals surface area contributed by atoms with Crippen LogP contribution in [-0.2, 0) is 0 Å². The standard InChI is InChI=1S/C13H18N4O2/c1-4-10(5-2)9(3)15-13-7-6-12(17(18)19)11(8-14)16-13/h6-7,9-10H,4-5H2,1-3H3,(H,15,16). The lowest BCUT2D eigenvalue weighted by atomic mass is 9.95. The van der Waals surface area contributed by atoms with E-state index in [-0.39, 0.29) is 17.4 Å². The maximum absolute atomic E-state index is 10.7. The second-order valence-corrected chi connectivity index (χ2v) is 4.44. The summed E-state index contributed by atoms with van der Waals surface area (Å²) in [4.78, 5) is 14.1. The average Bonchev–Trinajstić information content (AvgIpc) is 2.39. The lowest BCUT2D eigenvalue weighted by molar-refractivity contribution is -0.385. The molecule has 0 aliphatic rings. The van der Waals surface area contributed by atoms with Gasteiger partial charge in [-0.15, -0.1) is 0 Å². The Morgan fingerprint density at radius 3 is 2.58 bits per heavy atom. The van der Waals surface area contributed by atoms with Crippen molar-refractivity contribution in [1.29, 1.82) is 5.26 Å². The summed E-state index contributed by atoms with van der Waals surface area (Å²) in [5, 5.41) is 22.8. The van der Waals surface area contributed by atoms with Crippen LogP contribution in [0.25, 0.3) is 0 Å². The molecule has 0 aliphatic heterocycles. The molecule has 0 radical (unpaired) electrons. The predicted molar refractivity (Wildman–Crippen MR) is 72.8 cm³/mol. The number of nitriles is 1. The molecule has 0 amide bonds. The van der Waals surface area contributed by atoms with Gasteiger partial charge < -0.3 is 5.32 Å². The van der Waals surface area contributed by atoms with E-state index in [1.807, 2.05) is 6.92 Å². The molecule has 0 saturated carbocycles. The third-order valence-electron chi connectivity index (χ3n) is 3.31. The van der Waals surface area contributed by atoms with E-state index in [0.29, 0.717) is 11.7 Å². The molecule has 0 fully saturated rings. The van der Waals surface area contributed by atoms with E-state index in [0.717, 1.165) is 12.8 Å². The summed E-state index contributed by atoms with van der Waals surface area (Å²) in [6, 6.07) is 4.81. The summed E-state index contributed by atoms with van der Waals surface area (Å²) in [6.45, 7) is 6.29. The van der Waals surface area contributed by atoms with Crippen molar-refractivity contribution in [3.05, 3.63) is 27.9 Å². The van der Waals surface area contributed by atoms with E-state index in [1.54, 1.807) is 6.07 Å². The minimum atomic E-state index is -0.598. The molecule has 1 unspecified atom stereocenters. The first-order valence-corrected chi connectivity index (χ1v) is 6.35. The van der Waals surface area contributed by atoms with Crippen molar-refractivity contribution in [3.63, 3.8) is 0 Å². The Hall–Kier alpha value is -2.16. The van der Waals surface area contributed by atoms with Gasteiger partial charge in [-0.05, 0) is 18.9 Å². The van der Waals surface area contributed by atoms with Gasteiger partial charge in [0.2, 0.25) is 5.69 Å². The van der Waals surface area contributed by atoms with Gasteiger partial charge >= 0.3 is 5.69 Å². The van der Waals surface area contributed by atoms with Gasteiger partial charge in [0.15, 0.2) is 0 Å². The zero-order chi connectivity index (χ0) is 14.4. The van der Waals surface area contributed by atoms with Crippen LogP contribution in [0.1, 0.15) is 39.3 Å². The van der Waals surface area contributed by atoms with Gasteiger partial charge in [0.1, 0.15) is 11.9 Å². The first kappa shape index (κ1) is 14.9. The van der Waals surface area contributed by atoms with Crippen LogP contribution in [0.2, 0.25) is 0 Å². The number of aromatic nitrogens is 1. The lowest BCUT2D eigenvalue weighted by Gasteiger charge is -2.22. The molecule has 0 aromatic carbocycles. The lowest BCUT2D eigenvalue weighted by Crippen LogP contribution is -2.25. The van der Waals surface area contributed by atoms with Gasteiger partial charge in [0, 0.05) is 12.1 Å². The van der Waals surface area contributed by atoms with Gasteiger partial charge in [-0.25, -0.2) is 4.98 Å². The zero-order valence-electron chi connectivity index (χ0n) is 11.4. The summed E-state index contributed by atoms with van der Waals surface area (Å²) in [5.74, 6) is 1.00. The summed E-state index contributed by atoms with van der Waals surface area (Å²) in [6.07, 6.45) is 2.09. The first-order chi connectivity index (χ1) is 9.03. The second-order valence-electron chi connectivity index (χ2n) is 4.44. The molecule has 1 aromatic rings. The largest absolute Gasteiger partial charge is 0.367 e. The third kappa shape index (κ3) is 3.65. The first-order valence-electron chi connectivity index (χ1n) is 6.35. The molecule has 0 bridgehead atoms. The van der Waals surface area contributed by atoms with E-state index in [1.165, 1.54) is 12.1 Å². The van der Waals surface area contributed by atoms with E-state index < -0.39 is 4.92 Å². The normalized spacial score (nSPS) is 11.9. The van der Waals surface area contributed by atoms with Crippen LogP contribution in [0.4, 0.5) is 11.5 Å². The quantitative estimate of drug-likeness (QED) is 0.628. The Morgan fingerprint density at radius 1 is 1.47 bits per heavy atom. The number of anilines is 1. The Balaban J connectivity index is 2.92. The van der Waals surface area contributed by atoms with Crippen LogP contribution < -0.4 is 5.32 Å². The molecule has 0 aliphatic carbocycles. The highest BCUT2D eigenvalue weighted by atomic mass is 16.6. The molecule has 0 saturated heterocycles. The van der Waals surface area contributed by atoms with Gasteiger partial charge in [0.25, 0.3) is 0 Å². The number of hydrogen-bond acceptors (Lipinski definition) is 5. The highest BCUT2D eigenvalue weighted by Crippen LogP contribution is 2.21. The third-order valence-corrected chi connectivity index (χ3v) is 3.31. The zero-order valence-corrected chi connectivity index (χ0v) is 11.4. The molecular formula is C13H18N4O2. The van der Waals surface area contributed by atoms with Crippen molar-refractivity contribution in [3.8, 4) is 6.07 Å². The van der Waals surface area contributed by atoms with Gasteiger partial charge in [0.05, 0.1) is 4.92 Å². The number of nitrogens with zero attached hydrogens (tertiary/aromatic N) is 3. The number of nitrogens with one attached hydrogen (secondary N) is 1. The van der Waals surface area contributed by atoms with Gasteiger partial charge in [-0.3, -0.25) is 10.1 Å². The summed E-state index contributed by atoms with van der Waals surface area (Å²) in [5.41, 5.74) is -0.421. The SMILES string of the molecule is CCC(CC)C(C)Nc1ccc([N+](=O)[O-])c(C#N)n1. The molecule has 19 heavy (non-hydrogen) atoms. The van der Waals surface area contributed by atoms with Crippen molar-refractivity contribution in [2.24, 2.45) is 5.92 Å². The summed E-state index contributed by atoms with van der Waals surface area (Å²) in [7, 11) is 0. The van der Waals surface area contributed by atoms with Crippen molar-refractivity contribution < 1.29 is 4.92 Å². The molecule has 102 valence electrons. The monoisotopic (exact) mass is 262 g/mol. The maximum atomic E-state index is 10.7. The fourth-order valence-electron chi connectivity index (χ4n) is 2.11. The molecule has 1 aromatic heterocycles. The van der Waals surface area contributed by atoms with E-state index >= 15 is 0 Å². The Labute approximate surface area is 112 Å². The molecule has 1 rings (SSSR count). The maximum Gasteiger partial charge on any atom is 0.305 e. The van der Waals surface area contributed by atoms with E-state index in [4.69, 9.17) is 5.26 Å². The van der Waals surface area contributed by atoms with Crippen molar-refractivity contribution >= 4 is 11.5 Å². The number of hydrogen-bond donors (Lipinski definition) is 1. The van der Waals surface area contributed by atoms with Crippen molar-refractivity contribution in [1.82, 2.24) is 4.98 Å². The van der Waals surface area contributed by atoms with Crippen LogP contribution in [0.15, 0.2) is 12.1 Å². The number of rotatable bonds is 6. The van der Waals surface area contributed by atoms with Crippen LogP contribution in [0.3, 0.4) is 0 Å². The minimum absolute atomic E-state index is 0.160. The molecular weight excluding hydrogens is 244 g/mol. The minimum Gasteiger partial charge on any atom is -0.367 e. The molecule has 0 spiro atoms. The van der Waals surface area contributed by atoms with Gasteiger partial charge in [-0.2, -0.15) is 5.26 Å². The van der Waals surface area contributed by atoms with Crippen LogP contribution in [0.5, 0.6) is 0 Å². The summed E-state index contributed by atoms with van der Waals surface area (Å²) >= 11 is 0. The topological polar surface area (TPSA) is 91.9 Å². The summed E-state index contributed by atoms with van der Waals surface area (Å²) < 4.78 is 0. The van der Waals surface area contributed by atoms with Crippen LogP contribution in [-0.4, -0.2) is 15.9 Å². The number of pyridine rings is 1. The van der Waals surface area contributed by atoms with Crippen molar-refractivity contribution in [2.45, 2.75) is 39.7 Å². The fourth-order valence-corrected chi connectivity index (χ4v) is 2.11. The van der Waals surface area contributed by atoms with Crippen LogP contribution >= 0.6 is 0 Å². The molecule has 1 N–H and O–H groups in total. The second kappa shape index (κ2) is 6.69. The molecule has 6 nitrogen and oxygen atoms in total. The molecule has 1 atom stereocenters. The average molecular weight is 262 g/mol. The number of nitro groups is 1. The predicted octanol–water partition coefficient (Wildman–Crippen LogP) is 3.10. The molecule has 6 heteroatoms. The highest BCUT2D eigenvalue weighted by molar-refractivity contribution is 5.50. The van der Waals surface area contributed by atoms with Gasteiger partial charge in [-0.1, -0.05) is 26.7 Å². The smallest absolute Gasteiger partial charge is 0.305 e. The molecule has 1 heterocycles. The highest BCUT2D eigenvalue weighted by Gasteiger charge is 2.18. The van der Waals surface area contributed by atoms with E-state index in [9.17, 15) is 10.1 Å². The Bertz CT molecular complexity index is 492. The van der Waals surface area contributed by atoms with Crippen molar-refractivity contribution in [2.75, 3.05) is 5.32 Å². The Kier molecular flexibility index (Phi) is 5.24.